The van der Waals surface area contributed by atoms with Gasteiger partial charge in [0.25, 0.3) is 0 Å². The first-order valence-electron chi connectivity index (χ1n) is 11.4. The fraction of sp³-hybridized carbons (Fsp3) is 0.500. The van der Waals surface area contributed by atoms with Crippen molar-refractivity contribution in [3.63, 3.8) is 0 Å². The summed E-state index contributed by atoms with van der Waals surface area (Å²) in [6.07, 6.45) is 0.272. The quantitative estimate of drug-likeness (QED) is 0.405. The lowest BCUT2D eigenvalue weighted by molar-refractivity contribution is -0.134. The molecule has 5 heteroatoms. The molecule has 2 aromatic carbocycles. The van der Waals surface area contributed by atoms with Crippen LogP contribution in [0, 0.1) is 0 Å². The number of carbonyl (C=O) groups excluding carboxylic acids is 2. The van der Waals surface area contributed by atoms with E-state index in [2.05, 4.69) is 0 Å². The van der Waals surface area contributed by atoms with E-state index in [0.717, 1.165) is 5.56 Å². The number of benzene rings is 2. The van der Waals surface area contributed by atoms with Gasteiger partial charge in [0.05, 0.1) is 5.56 Å². The molecule has 0 amide bonds. The molecule has 0 aliphatic carbocycles. The minimum Gasteiger partial charge on any atom is -0.507 e. The first kappa shape index (κ1) is 26.4. The number of esters is 2. The fourth-order valence-corrected chi connectivity index (χ4v) is 3.51. The summed E-state index contributed by atoms with van der Waals surface area (Å²) in [5.41, 5.74) is 1.45. The number of rotatable bonds is 4. The Morgan fingerprint density at radius 1 is 0.758 bits per heavy atom. The molecule has 180 valence electrons. The minimum absolute atomic E-state index is 0.212. The largest absolute Gasteiger partial charge is 0.507 e. The number of hydrogen-bond acceptors (Lipinski definition) is 5. The Hall–Kier alpha value is -2.82. The summed E-state index contributed by atoms with van der Waals surface area (Å²) < 4.78 is 11.2. The van der Waals surface area contributed by atoms with Gasteiger partial charge in [-0.3, -0.25) is 4.79 Å². The van der Waals surface area contributed by atoms with Gasteiger partial charge < -0.3 is 14.6 Å². The Labute approximate surface area is 198 Å². The number of aromatic hydroxyl groups is 1. The van der Waals surface area contributed by atoms with Gasteiger partial charge >= 0.3 is 11.9 Å². The molecule has 2 rings (SSSR count). The van der Waals surface area contributed by atoms with Gasteiger partial charge in [-0.05, 0) is 46.6 Å². The summed E-state index contributed by atoms with van der Waals surface area (Å²) in [5.74, 6) is 0.208. The predicted molar refractivity (Wildman–Crippen MR) is 132 cm³/mol. The van der Waals surface area contributed by atoms with E-state index in [4.69, 9.17) is 9.47 Å². The number of phenols is 1. The average Bonchev–Trinajstić information content (AvgIpc) is 2.66. The van der Waals surface area contributed by atoms with Crippen LogP contribution in [0.3, 0.4) is 0 Å². The normalized spacial score (nSPS) is 12.4. The molecule has 0 atom stereocenters. The van der Waals surface area contributed by atoms with Crippen LogP contribution in [-0.2, 0) is 21.0 Å². The van der Waals surface area contributed by atoms with Gasteiger partial charge in [-0.1, -0.05) is 69.2 Å². The molecule has 0 unspecified atom stereocenters. The summed E-state index contributed by atoms with van der Waals surface area (Å²) in [6, 6.07) is 8.45. The highest BCUT2D eigenvalue weighted by Crippen LogP contribution is 2.40. The molecule has 0 aromatic heterocycles. The van der Waals surface area contributed by atoms with Crippen LogP contribution >= 0.6 is 0 Å². The van der Waals surface area contributed by atoms with Crippen LogP contribution in [0.15, 0.2) is 30.3 Å². The molecular formula is C28H38O5. The SMILES string of the molecule is CCC(=O)Oc1ccc(OC(=O)c2cc(C(C)(C)C)c(O)c(C(C)(C)C)c2)c(C(C)(C)C)c1. The van der Waals surface area contributed by atoms with Crippen LogP contribution in [0.4, 0.5) is 0 Å². The molecule has 0 saturated heterocycles. The molecule has 1 N–H and O–H groups in total. The zero-order valence-corrected chi connectivity index (χ0v) is 21.7. The van der Waals surface area contributed by atoms with E-state index in [1.807, 2.05) is 62.3 Å². The highest BCUT2D eigenvalue weighted by molar-refractivity contribution is 5.92. The summed E-state index contributed by atoms with van der Waals surface area (Å²) in [7, 11) is 0. The van der Waals surface area contributed by atoms with E-state index >= 15 is 0 Å². The molecule has 0 spiro atoms. The van der Waals surface area contributed by atoms with Crippen molar-refractivity contribution in [1.29, 1.82) is 0 Å². The monoisotopic (exact) mass is 454 g/mol. The highest BCUT2D eigenvalue weighted by Gasteiger charge is 2.29. The van der Waals surface area contributed by atoms with Gasteiger partial charge in [-0.25, -0.2) is 4.79 Å². The van der Waals surface area contributed by atoms with Gasteiger partial charge in [0.2, 0.25) is 0 Å². The van der Waals surface area contributed by atoms with Crippen molar-refractivity contribution in [2.75, 3.05) is 0 Å². The zero-order chi connectivity index (χ0) is 25.4. The third-order valence-electron chi connectivity index (χ3n) is 5.44. The molecule has 0 fully saturated rings. The molecule has 33 heavy (non-hydrogen) atoms. The van der Waals surface area contributed by atoms with E-state index in [1.165, 1.54) is 0 Å². The average molecular weight is 455 g/mol. The predicted octanol–water partition coefficient (Wildman–Crippen LogP) is 6.82. The van der Waals surface area contributed by atoms with Crippen LogP contribution in [0.25, 0.3) is 0 Å². The topological polar surface area (TPSA) is 72.8 Å². The van der Waals surface area contributed by atoms with E-state index in [1.54, 1.807) is 37.3 Å². The van der Waals surface area contributed by atoms with Crippen molar-refractivity contribution in [1.82, 2.24) is 0 Å². The smallest absolute Gasteiger partial charge is 0.343 e. The Balaban J connectivity index is 2.55. The van der Waals surface area contributed by atoms with Gasteiger partial charge in [0.1, 0.15) is 17.2 Å². The summed E-state index contributed by atoms with van der Waals surface area (Å²) in [5, 5.41) is 10.9. The summed E-state index contributed by atoms with van der Waals surface area (Å²) in [6.45, 7) is 19.7. The number of carbonyl (C=O) groups is 2. The standard InChI is InChI=1S/C28H38O5/c1-11-23(29)32-18-12-13-22(19(16-18)26(2,3)4)33-25(31)17-14-20(27(5,6)7)24(30)21(15-17)28(8,9)10/h12-16,30H,11H2,1-10H3. The molecule has 0 aliphatic rings. The molecule has 0 saturated carbocycles. The molecule has 0 radical (unpaired) electrons. The molecule has 5 nitrogen and oxygen atoms in total. The number of phenolic OH excluding ortho intramolecular Hbond substituents is 1. The maximum Gasteiger partial charge on any atom is 0.343 e. The molecule has 0 bridgehead atoms. The van der Waals surface area contributed by atoms with Crippen molar-refractivity contribution in [3.05, 3.63) is 52.6 Å². The second-order valence-corrected chi connectivity index (χ2v) is 11.5. The molecule has 2 aromatic rings. The van der Waals surface area contributed by atoms with Crippen molar-refractivity contribution in [3.8, 4) is 17.2 Å². The minimum atomic E-state index is -0.505. The zero-order valence-electron chi connectivity index (χ0n) is 21.7. The van der Waals surface area contributed by atoms with Crippen LogP contribution in [-0.4, -0.2) is 17.0 Å². The molecule has 0 aliphatic heterocycles. The fourth-order valence-electron chi connectivity index (χ4n) is 3.51. The summed E-state index contributed by atoms with van der Waals surface area (Å²) in [4.78, 5) is 25.0. The van der Waals surface area contributed by atoms with E-state index in [9.17, 15) is 14.7 Å². The van der Waals surface area contributed by atoms with E-state index < -0.39 is 5.97 Å². The van der Waals surface area contributed by atoms with Crippen molar-refractivity contribution in [2.24, 2.45) is 0 Å². The molecule has 0 heterocycles. The van der Waals surface area contributed by atoms with Crippen LogP contribution in [0.1, 0.15) is 103 Å². The van der Waals surface area contributed by atoms with Crippen molar-refractivity contribution >= 4 is 11.9 Å². The van der Waals surface area contributed by atoms with Crippen molar-refractivity contribution < 1.29 is 24.2 Å². The van der Waals surface area contributed by atoms with Gasteiger partial charge in [0, 0.05) is 23.1 Å². The Morgan fingerprint density at radius 3 is 1.67 bits per heavy atom. The number of hydrogen-bond donors (Lipinski definition) is 1. The second kappa shape index (κ2) is 9.20. The van der Waals surface area contributed by atoms with Gasteiger partial charge in [0.15, 0.2) is 0 Å². The number of ether oxygens (including phenoxy) is 2. The first-order valence-corrected chi connectivity index (χ1v) is 11.4. The lowest BCUT2D eigenvalue weighted by atomic mass is 9.78. The lowest BCUT2D eigenvalue weighted by Crippen LogP contribution is -2.21. The van der Waals surface area contributed by atoms with Crippen LogP contribution < -0.4 is 9.47 Å². The second-order valence-electron chi connectivity index (χ2n) is 11.5. The Kier molecular flexibility index (Phi) is 7.37. The van der Waals surface area contributed by atoms with Crippen molar-refractivity contribution in [2.45, 2.75) is 91.9 Å². The molecular weight excluding hydrogens is 416 g/mol. The Bertz CT molecular complexity index is 1010. The van der Waals surface area contributed by atoms with E-state index in [-0.39, 0.29) is 34.4 Å². The third kappa shape index (κ3) is 6.37. The van der Waals surface area contributed by atoms with E-state index in [0.29, 0.717) is 28.2 Å². The maximum atomic E-state index is 13.3. The summed E-state index contributed by atoms with van der Waals surface area (Å²) >= 11 is 0. The van der Waals surface area contributed by atoms with Crippen LogP contribution in [0.2, 0.25) is 0 Å². The lowest BCUT2D eigenvalue weighted by Gasteiger charge is -2.28. The van der Waals surface area contributed by atoms with Gasteiger partial charge in [-0.2, -0.15) is 0 Å². The maximum absolute atomic E-state index is 13.3. The third-order valence-corrected chi connectivity index (χ3v) is 5.44. The Morgan fingerprint density at radius 2 is 1.24 bits per heavy atom. The first-order chi connectivity index (χ1) is 14.9. The van der Waals surface area contributed by atoms with Gasteiger partial charge in [-0.15, -0.1) is 0 Å². The van der Waals surface area contributed by atoms with Crippen LogP contribution in [0.5, 0.6) is 17.2 Å². The highest BCUT2D eigenvalue weighted by atomic mass is 16.5.